The summed E-state index contributed by atoms with van der Waals surface area (Å²) in [4.78, 5) is 26.2. The van der Waals surface area contributed by atoms with Crippen molar-refractivity contribution in [2.45, 2.75) is 72.1 Å². The number of carbonyl (C=O) groups excluding carboxylic acids is 2. The lowest BCUT2D eigenvalue weighted by Gasteiger charge is -2.35. The second kappa shape index (κ2) is 6.57. The molecular formula is C15H28N2O3. The molecule has 2 amide bonds. The highest BCUT2D eigenvalue weighted by Crippen LogP contribution is 2.25. The van der Waals surface area contributed by atoms with E-state index in [1.807, 2.05) is 34.6 Å². The van der Waals surface area contributed by atoms with Crippen molar-refractivity contribution in [2.75, 3.05) is 6.54 Å². The molecule has 0 radical (unpaired) electrons. The van der Waals surface area contributed by atoms with Gasteiger partial charge in [0.05, 0.1) is 6.10 Å². The summed E-state index contributed by atoms with van der Waals surface area (Å²) in [7, 11) is 0. The molecule has 5 heteroatoms. The number of hydrogen-bond donors (Lipinski definition) is 2. The van der Waals surface area contributed by atoms with Crippen molar-refractivity contribution in [2.24, 2.45) is 5.41 Å². The van der Waals surface area contributed by atoms with Crippen LogP contribution in [-0.4, -0.2) is 46.6 Å². The Labute approximate surface area is 121 Å². The number of nitrogens with zero attached hydrogens (tertiary/aromatic N) is 1. The van der Waals surface area contributed by atoms with Crippen LogP contribution in [0.15, 0.2) is 0 Å². The van der Waals surface area contributed by atoms with Crippen molar-refractivity contribution < 1.29 is 14.7 Å². The van der Waals surface area contributed by atoms with Gasteiger partial charge in [-0.05, 0) is 25.2 Å². The topological polar surface area (TPSA) is 69.6 Å². The number of aliphatic hydroxyl groups excluding tert-OH is 1. The minimum atomic E-state index is -0.547. The molecule has 1 aliphatic rings. The zero-order valence-corrected chi connectivity index (χ0v) is 13.3. The molecule has 0 saturated carbocycles. The van der Waals surface area contributed by atoms with Crippen molar-refractivity contribution in [1.82, 2.24) is 10.2 Å². The third kappa shape index (κ3) is 4.20. The highest BCUT2D eigenvalue weighted by Gasteiger charge is 2.40. The van der Waals surface area contributed by atoms with E-state index in [1.54, 1.807) is 4.90 Å². The fraction of sp³-hybridized carbons (Fsp3) is 0.867. The molecule has 0 spiro atoms. The number of carbonyl (C=O) groups is 2. The van der Waals surface area contributed by atoms with Crippen LogP contribution in [0, 0.1) is 5.41 Å². The molecule has 20 heavy (non-hydrogen) atoms. The van der Waals surface area contributed by atoms with Crippen LogP contribution in [0.25, 0.3) is 0 Å². The third-order valence-electron chi connectivity index (χ3n) is 3.73. The fourth-order valence-electron chi connectivity index (χ4n) is 2.58. The van der Waals surface area contributed by atoms with Gasteiger partial charge in [-0.2, -0.15) is 0 Å². The Morgan fingerprint density at radius 3 is 2.40 bits per heavy atom. The smallest absolute Gasteiger partial charge is 0.246 e. The van der Waals surface area contributed by atoms with E-state index in [4.69, 9.17) is 0 Å². The van der Waals surface area contributed by atoms with Crippen LogP contribution in [0.2, 0.25) is 0 Å². The van der Waals surface area contributed by atoms with E-state index in [1.165, 1.54) is 0 Å². The van der Waals surface area contributed by atoms with Gasteiger partial charge in [-0.25, -0.2) is 0 Å². The molecule has 1 saturated heterocycles. The number of amides is 2. The Bertz CT molecular complexity index is 363. The molecule has 2 N–H and O–H groups in total. The second-order valence-corrected chi connectivity index (χ2v) is 6.85. The van der Waals surface area contributed by atoms with E-state index in [0.717, 1.165) is 6.42 Å². The van der Waals surface area contributed by atoms with Crippen LogP contribution in [0.5, 0.6) is 0 Å². The van der Waals surface area contributed by atoms with Crippen LogP contribution < -0.4 is 5.32 Å². The lowest BCUT2D eigenvalue weighted by molar-refractivity contribution is -0.140. The van der Waals surface area contributed by atoms with Crippen LogP contribution in [0.4, 0.5) is 0 Å². The summed E-state index contributed by atoms with van der Waals surface area (Å²) in [5, 5.41) is 12.5. The van der Waals surface area contributed by atoms with Crippen molar-refractivity contribution in [3.63, 3.8) is 0 Å². The number of β-amino-alcohol motifs (C(OH)–C–C–N with tert-alkyl or cyclic N) is 1. The molecule has 1 rings (SSSR count). The maximum atomic E-state index is 12.7. The fourth-order valence-corrected chi connectivity index (χ4v) is 2.58. The number of hydrogen-bond acceptors (Lipinski definition) is 3. The molecule has 0 aromatic heterocycles. The van der Waals surface area contributed by atoms with Crippen LogP contribution in [-0.2, 0) is 9.59 Å². The van der Waals surface area contributed by atoms with Gasteiger partial charge in [0.2, 0.25) is 11.8 Å². The van der Waals surface area contributed by atoms with Gasteiger partial charge >= 0.3 is 0 Å². The molecular weight excluding hydrogens is 256 g/mol. The third-order valence-corrected chi connectivity index (χ3v) is 3.73. The molecule has 0 aromatic rings. The average Bonchev–Trinajstić information content (AvgIpc) is 2.63. The lowest BCUT2D eigenvalue weighted by Crippen LogP contribution is -2.55. The monoisotopic (exact) mass is 284 g/mol. The number of nitrogens with one attached hydrogen (secondary N) is 1. The number of likely N-dealkylation sites (tertiary alicyclic amines) is 1. The Morgan fingerprint density at radius 1 is 1.40 bits per heavy atom. The van der Waals surface area contributed by atoms with Crippen LogP contribution >= 0.6 is 0 Å². The lowest BCUT2D eigenvalue weighted by atomic mass is 9.85. The molecule has 0 aliphatic carbocycles. The molecule has 116 valence electrons. The normalized spacial score (nSPS) is 24.6. The first kappa shape index (κ1) is 17.0. The molecule has 3 atom stereocenters. The Kier molecular flexibility index (Phi) is 5.57. The maximum absolute atomic E-state index is 12.7. The van der Waals surface area contributed by atoms with E-state index in [-0.39, 0.29) is 23.3 Å². The predicted molar refractivity (Wildman–Crippen MR) is 78.1 cm³/mol. The Balaban J connectivity index is 2.83. The molecule has 5 nitrogen and oxygen atoms in total. The van der Waals surface area contributed by atoms with E-state index in [2.05, 4.69) is 5.32 Å². The summed E-state index contributed by atoms with van der Waals surface area (Å²) in [6.07, 6.45) is 1.33. The average molecular weight is 284 g/mol. The van der Waals surface area contributed by atoms with E-state index < -0.39 is 12.1 Å². The van der Waals surface area contributed by atoms with E-state index >= 15 is 0 Å². The minimum Gasteiger partial charge on any atom is -0.391 e. The summed E-state index contributed by atoms with van der Waals surface area (Å²) in [6.45, 7) is 10.1. The first-order valence-corrected chi connectivity index (χ1v) is 7.44. The molecule has 1 fully saturated rings. The first-order valence-electron chi connectivity index (χ1n) is 7.44. The largest absolute Gasteiger partial charge is 0.391 e. The highest BCUT2D eigenvalue weighted by molar-refractivity contribution is 5.88. The van der Waals surface area contributed by atoms with Crippen LogP contribution in [0.1, 0.15) is 53.9 Å². The van der Waals surface area contributed by atoms with Crippen molar-refractivity contribution in [3.8, 4) is 0 Å². The number of rotatable bonds is 4. The molecule has 0 aromatic carbocycles. The molecule has 1 heterocycles. The standard InChI is InChI=1S/C15H28N2O3/c1-6-7-12(19)16-13(15(3,4)5)14(20)17-9-11(18)8-10(17)2/h10-11,13,18H,6-9H2,1-5H3,(H,16,19)/t10-,11-,13?/m1/s1. The van der Waals surface area contributed by atoms with Gasteiger partial charge in [0.1, 0.15) is 6.04 Å². The summed E-state index contributed by atoms with van der Waals surface area (Å²) >= 11 is 0. The van der Waals surface area contributed by atoms with E-state index in [9.17, 15) is 14.7 Å². The Morgan fingerprint density at radius 2 is 2.00 bits per heavy atom. The van der Waals surface area contributed by atoms with Gasteiger partial charge in [-0.15, -0.1) is 0 Å². The molecule has 0 bridgehead atoms. The highest BCUT2D eigenvalue weighted by atomic mass is 16.3. The zero-order chi connectivity index (χ0) is 15.5. The number of aliphatic hydroxyl groups is 1. The summed E-state index contributed by atoms with van der Waals surface area (Å²) in [5.41, 5.74) is -0.353. The SMILES string of the molecule is CCCC(=O)NC(C(=O)N1C[C@H](O)C[C@H]1C)C(C)(C)C. The second-order valence-electron chi connectivity index (χ2n) is 6.85. The quantitative estimate of drug-likeness (QED) is 0.817. The van der Waals surface area contributed by atoms with Crippen LogP contribution in [0.3, 0.4) is 0 Å². The van der Waals surface area contributed by atoms with Crippen molar-refractivity contribution in [3.05, 3.63) is 0 Å². The Hall–Kier alpha value is -1.10. The van der Waals surface area contributed by atoms with Gasteiger partial charge in [-0.1, -0.05) is 27.7 Å². The van der Waals surface area contributed by atoms with Gasteiger partial charge < -0.3 is 15.3 Å². The van der Waals surface area contributed by atoms with Gasteiger partial charge in [-0.3, -0.25) is 9.59 Å². The molecule has 1 aliphatic heterocycles. The summed E-state index contributed by atoms with van der Waals surface area (Å²) in [6, 6.07) is -0.528. The van der Waals surface area contributed by atoms with Gasteiger partial charge in [0.25, 0.3) is 0 Å². The van der Waals surface area contributed by atoms with Crippen molar-refractivity contribution >= 4 is 11.8 Å². The predicted octanol–water partition coefficient (Wildman–Crippen LogP) is 1.30. The van der Waals surface area contributed by atoms with E-state index in [0.29, 0.717) is 19.4 Å². The first-order chi connectivity index (χ1) is 9.16. The van der Waals surface area contributed by atoms with Gasteiger partial charge in [0, 0.05) is 19.0 Å². The summed E-state index contributed by atoms with van der Waals surface area (Å²) < 4.78 is 0. The van der Waals surface area contributed by atoms with Crippen molar-refractivity contribution in [1.29, 1.82) is 0 Å². The zero-order valence-electron chi connectivity index (χ0n) is 13.3. The minimum absolute atomic E-state index is 0.0189. The molecule has 1 unspecified atom stereocenters. The van der Waals surface area contributed by atoms with Gasteiger partial charge in [0.15, 0.2) is 0 Å². The maximum Gasteiger partial charge on any atom is 0.246 e. The summed E-state index contributed by atoms with van der Waals surface area (Å²) in [5.74, 6) is -0.181.